The number of halogens is 2. The van der Waals surface area contributed by atoms with Gasteiger partial charge in [-0.25, -0.2) is 13.4 Å². The fraction of sp³-hybridized carbons (Fsp3) is 0. The lowest BCUT2D eigenvalue weighted by atomic mass is 10.3. The molecule has 21 heavy (non-hydrogen) atoms. The van der Waals surface area contributed by atoms with Crippen LogP contribution in [0, 0.1) is 15.9 Å². The van der Waals surface area contributed by atoms with Crippen LogP contribution in [0.5, 0.6) is 0 Å². The summed E-state index contributed by atoms with van der Waals surface area (Å²) in [6, 6.07) is 6.89. The van der Waals surface area contributed by atoms with Crippen molar-refractivity contribution in [2.24, 2.45) is 0 Å². The number of hydrogen-bond donors (Lipinski definition) is 1. The third-order valence-corrected chi connectivity index (χ3v) is 4.17. The fourth-order valence-corrected chi connectivity index (χ4v) is 2.82. The summed E-state index contributed by atoms with van der Waals surface area (Å²) in [4.78, 5) is 13.0. The Labute approximate surface area is 127 Å². The molecular weight excluding hydrogens is 369 g/mol. The second-order valence-electron chi connectivity index (χ2n) is 3.82. The number of benzene rings is 1. The molecule has 0 saturated heterocycles. The van der Waals surface area contributed by atoms with Crippen LogP contribution in [0.1, 0.15) is 0 Å². The van der Waals surface area contributed by atoms with E-state index in [9.17, 15) is 22.9 Å². The number of sulfonamides is 1. The lowest BCUT2D eigenvalue weighted by Crippen LogP contribution is -2.14. The molecule has 0 saturated carbocycles. The molecule has 0 atom stereocenters. The molecule has 7 nitrogen and oxygen atoms in total. The summed E-state index contributed by atoms with van der Waals surface area (Å²) in [7, 11) is -4.09. The first-order chi connectivity index (χ1) is 9.79. The lowest BCUT2D eigenvalue weighted by Gasteiger charge is -2.07. The number of nitro benzene ring substituents is 1. The maximum absolute atomic E-state index is 13.5. The van der Waals surface area contributed by atoms with Crippen molar-refractivity contribution in [1.82, 2.24) is 4.98 Å². The standard InChI is InChI=1S/C11H7BrFN3O4S/c12-10-2-1-3-11(14-10)15-21(19,20)7-4-5-9(16(17)18)8(13)6-7/h1-6H,(H,14,15). The molecule has 0 radical (unpaired) electrons. The summed E-state index contributed by atoms with van der Waals surface area (Å²) in [5.41, 5.74) is -0.797. The SMILES string of the molecule is O=[N+]([O-])c1ccc(S(=O)(=O)Nc2cccc(Br)n2)cc1F. The van der Waals surface area contributed by atoms with Gasteiger partial charge in [-0.05, 0) is 34.1 Å². The van der Waals surface area contributed by atoms with Crippen LogP contribution < -0.4 is 4.72 Å². The molecule has 2 aromatic rings. The van der Waals surface area contributed by atoms with Gasteiger partial charge >= 0.3 is 5.69 Å². The van der Waals surface area contributed by atoms with Crippen molar-refractivity contribution in [3.8, 4) is 0 Å². The fourth-order valence-electron chi connectivity index (χ4n) is 1.46. The molecule has 0 aliphatic carbocycles. The van der Waals surface area contributed by atoms with Gasteiger partial charge in [0.2, 0.25) is 5.82 Å². The lowest BCUT2D eigenvalue weighted by molar-refractivity contribution is -0.387. The van der Waals surface area contributed by atoms with Crippen LogP contribution >= 0.6 is 15.9 Å². The first kappa shape index (κ1) is 15.3. The second-order valence-corrected chi connectivity index (χ2v) is 6.32. The topological polar surface area (TPSA) is 102 Å². The van der Waals surface area contributed by atoms with E-state index < -0.39 is 31.3 Å². The molecule has 110 valence electrons. The molecule has 1 aromatic carbocycles. The van der Waals surface area contributed by atoms with E-state index in [0.29, 0.717) is 10.7 Å². The highest BCUT2D eigenvalue weighted by atomic mass is 79.9. The highest BCUT2D eigenvalue weighted by molar-refractivity contribution is 9.10. The Hall–Kier alpha value is -2.07. The zero-order chi connectivity index (χ0) is 15.6. The van der Waals surface area contributed by atoms with Crippen molar-refractivity contribution in [1.29, 1.82) is 0 Å². The maximum Gasteiger partial charge on any atom is 0.304 e. The first-order valence-electron chi connectivity index (χ1n) is 5.39. The quantitative estimate of drug-likeness (QED) is 0.502. The minimum atomic E-state index is -4.09. The molecule has 0 amide bonds. The summed E-state index contributed by atoms with van der Waals surface area (Å²) >= 11 is 3.08. The number of anilines is 1. The monoisotopic (exact) mass is 375 g/mol. The number of nitrogens with zero attached hydrogens (tertiary/aromatic N) is 2. The molecule has 0 unspecified atom stereocenters. The highest BCUT2D eigenvalue weighted by Crippen LogP contribution is 2.22. The average molecular weight is 376 g/mol. The molecule has 0 aliphatic heterocycles. The Morgan fingerprint density at radius 2 is 2.00 bits per heavy atom. The average Bonchev–Trinajstić information content (AvgIpc) is 2.37. The van der Waals surface area contributed by atoms with Crippen molar-refractivity contribution in [3.63, 3.8) is 0 Å². The highest BCUT2D eigenvalue weighted by Gasteiger charge is 2.21. The van der Waals surface area contributed by atoms with Crippen LogP contribution in [0.25, 0.3) is 0 Å². The Balaban J connectivity index is 2.36. The van der Waals surface area contributed by atoms with Gasteiger partial charge < -0.3 is 0 Å². The van der Waals surface area contributed by atoms with Gasteiger partial charge in [-0.15, -0.1) is 0 Å². The molecule has 1 N–H and O–H groups in total. The largest absolute Gasteiger partial charge is 0.304 e. The molecule has 2 rings (SSSR count). The van der Waals surface area contributed by atoms with Crippen LogP contribution in [0.4, 0.5) is 15.9 Å². The van der Waals surface area contributed by atoms with Gasteiger partial charge in [0.25, 0.3) is 10.0 Å². The van der Waals surface area contributed by atoms with Gasteiger partial charge in [0.15, 0.2) is 0 Å². The Kier molecular flexibility index (Phi) is 4.19. The summed E-state index contributed by atoms with van der Waals surface area (Å²) < 4.78 is 40.1. The van der Waals surface area contributed by atoms with E-state index in [1.54, 1.807) is 12.1 Å². The smallest absolute Gasteiger partial charge is 0.263 e. The maximum atomic E-state index is 13.5. The van der Waals surface area contributed by atoms with Crippen LogP contribution in [0.2, 0.25) is 0 Å². The first-order valence-corrected chi connectivity index (χ1v) is 7.66. The number of nitrogens with one attached hydrogen (secondary N) is 1. The summed E-state index contributed by atoms with van der Waals surface area (Å²) in [6.07, 6.45) is 0. The van der Waals surface area contributed by atoms with Crippen molar-refractivity contribution in [2.75, 3.05) is 4.72 Å². The van der Waals surface area contributed by atoms with Gasteiger partial charge in [0.05, 0.1) is 9.82 Å². The van der Waals surface area contributed by atoms with Crippen molar-refractivity contribution in [2.45, 2.75) is 4.90 Å². The third-order valence-electron chi connectivity index (χ3n) is 2.38. The van der Waals surface area contributed by atoms with Gasteiger partial charge in [0, 0.05) is 12.1 Å². The van der Waals surface area contributed by atoms with Gasteiger partial charge in [0.1, 0.15) is 10.4 Å². The van der Waals surface area contributed by atoms with Crippen LogP contribution in [-0.2, 0) is 10.0 Å². The molecule has 0 spiro atoms. The van der Waals surface area contributed by atoms with Crippen molar-refractivity contribution in [3.05, 3.63) is 56.9 Å². The number of nitro groups is 1. The third kappa shape index (κ3) is 3.52. The molecular formula is C11H7BrFN3O4S. The van der Waals surface area contributed by atoms with E-state index in [1.807, 2.05) is 0 Å². The van der Waals surface area contributed by atoms with Gasteiger partial charge in [-0.3, -0.25) is 14.8 Å². The summed E-state index contributed by atoms with van der Waals surface area (Å²) in [5.74, 6) is -1.20. The molecule has 0 fully saturated rings. The number of hydrogen-bond acceptors (Lipinski definition) is 5. The number of aromatic nitrogens is 1. The van der Waals surface area contributed by atoms with Crippen LogP contribution in [0.15, 0.2) is 45.9 Å². The van der Waals surface area contributed by atoms with E-state index in [2.05, 4.69) is 25.6 Å². The van der Waals surface area contributed by atoms with Crippen LogP contribution in [0.3, 0.4) is 0 Å². The van der Waals surface area contributed by atoms with Crippen LogP contribution in [-0.4, -0.2) is 18.3 Å². The van der Waals surface area contributed by atoms with E-state index in [-0.39, 0.29) is 5.82 Å². The van der Waals surface area contributed by atoms with Crippen molar-refractivity contribution < 1.29 is 17.7 Å². The Bertz CT molecular complexity index is 813. The molecule has 1 heterocycles. The van der Waals surface area contributed by atoms with Gasteiger partial charge in [-0.2, -0.15) is 4.39 Å². The Morgan fingerprint density at radius 1 is 1.29 bits per heavy atom. The van der Waals surface area contributed by atoms with E-state index in [1.165, 1.54) is 6.07 Å². The summed E-state index contributed by atoms with van der Waals surface area (Å²) in [6.45, 7) is 0. The number of rotatable bonds is 4. The van der Waals surface area contributed by atoms with E-state index in [0.717, 1.165) is 12.1 Å². The number of pyridine rings is 1. The zero-order valence-electron chi connectivity index (χ0n) is 10.2. The zero-order valence-corrected chi connectivity index (χ0v) is 12.6. The normalized spacial score (nSPS) is 11.1. The molecule has 1 aromatic heterocycles. The van der Waals surface area contributed by atoms with Gasteiger partial charge in [-0.1, -0.05) is 6.07 Å². The minimum absolute atomic E-state index is 0.0307. The second kappa shape index (κ2) is 5.74. The summed E-state index contributed by atoms with van der Waals surface area (Å²) in [5, 5.41) is 10.5. The van der Waals surface area contributed by atoms with Crippen molar-refractivity contribution >= 4 is 37.5 Å². The molecule has 10 heteroatoms. The molecule has 0 bridgehead atoms. The minimum Gasteiger partial charge on any atom is -0.263 e. The van der Waals surface area contributed by atoms with E-state index >= 15 is 0 Å². The predicted molar refractivity (Wildman–Crippen MR) is 75.8 cm³/mol. The predicted octanol–water partition coefficient (Wildman–Crippen LogP) is 2.69. The van der Waals surface area contributed by atoms with E-state index in [4.69, 9.17) is 0 Å². The molecule has 0 aliphatic rings. The Morgan fingerprint density at radius 3 is 2.57 bits per heavy atom.